The monoisotopic (exact) mass is 205 g/mol. The first-order valence-electron chi connectivity index (χ1n) is 5.26. The van der Waals surface area contributed by atoms with Crippen molar-refractivity contribution in [3.8, 4) is 12.3 Å². The van der Waals surface area contributed by atoms with E-state index in [9.17, 15) is 0 Å². The second-order valence-electron chi connectivity index (χ2n) is 4.26. The molecular weight excluding hydrogens is 186 g/mol. The van der Waals surface area contributed by atoms with Crippen LogP contribution < -0.4 is 5.32 Å². The Morgan fingerprint density at radius 2 is 2.33 bits per heavy atom. The Morgan fingerprint density at radius 3 is 2.80 bits per heavy atom. The average molecular weight is 205 g/mol. The van der Waals surface area contributed by atoms with E-state index < -0.39 is 0 Å². The molecule has 0 fully saturated rings. The summed E-state index contributed by atoms with van der Waals surface area (Å²) in [7, 11) is 0. The van der Waals surface area contributed by atoms with Gasteiger partial charge in [0, 0.05) is 24.3 Å². The van der Waals surface area contributed by atoms with Crippen LogP contribution in [0.2, 0.25) is 0 Å². The van der Waals surface area contributed by atoms with Gasteiger partial charge in [-0.25, -0.2) is 0 Å². The van der Waals surface area contributed by atoms with Crippen LogP contribution in [0.1, 0.15) is 39.3 Å². The highest BCUT2D eigenvalue weighted by Crippen LogP contribution is 2.15. The fourth-order valence-corrected chi connectivity index (χ4v) is 1.44. The lowest BCUT2D eigenvalue weighted by Crippen LogP contribution is -2.39. The van der Waals surface area contributed by atoms with Gasteiger partial charge in [-0.15, -0.1) is 6.42 Å². The van der Waals surface area contributed by atoms with Crippen LogP contribution in [0, 0.1) is 12.3 Å². The molecule has 0 radical (unpaired) electrons. The number of hydrogen-bond acceptors (Lipinski definition) is 2. The highest BCUT2D eigenvalue weighted by atomic mass is 15.3. The number of terminal acetylenes is 1. The molecule has 1 rings (SSSR count). The van der Waals surface area contributed by atoms with Crippen molar-refractivity contribution in [3.05, 3.63) is 18.0 Å². The molecule has 0 saturated heterocycles. The van der Waals surface area contributed by atoms with E-state index in [1.54, 1.807) is 0 Å². The summed E-state index contributed by atoms with van der Waals surface area (Å²) in [4.78, 5) is 0. The predicted octanol–water partition coefficient (Wildman–Crippen LogP) is 1.97. The Morgan fingerprint density at radius 1 is 1.67 bits per heavy atom. The summed E-state index contributed by atoms with van der Waals surface area (Å²) in [5.41, 5.74) is 0.883. The Kier molecular flexibility index (Phi) is 3.54. The SMILES string of the molecule is C#CC(C)(C)NC(C)c1cnn(CC)c1. The van der Waals surface area contributed by atoms with Crippen molar-refractivity contribution in [2.75, 3.05) is 0 Å². The molecular formula is C12H19N3. The summed E-state index contributed by atoms with van der Waals surface area (Å²) >= 11 is 0. The fraction of sp³-hybridized carbons (Fsp3) is 0.583. The summed E-state index contributed by atoms with van der Waals surface area (Å²) in [5.74, 6) is 2.72. The second-order valence-corrected chi connectivity index (χ2v) is 4.26. The molecule has 1 aromatic rings. The zero-order valence-electron chi connectivity index (χ0n) is 9.91. The summed E-state index contributed by atoms with van der Waals surface area (Å²) in [6, 6.07) is 0.219. The molecule has 1 aromatic heterocycles. The quantitative estimate of drug-likeness (QED) is 0.762. The molecule has 0 aromatic carbocycles. The van der Waals surface area contributed by atoms with Crippen LogP contribution in [0.3, 0.4) is 0 Å². The summed E-state index contributed by atoms with van der Waals surface area (Å²) in [5, 5.41) is 7.61. The van der Waals surface area contributed by atoms with E-state index in [2.05, 4.69) is 30.2 Å². The molecule has 0 aliphatic heterocycles. The van der Waals surface area contributed by atoms with Gasteiger partial charge in [0.1, 0.15) is 0 Å². The molecule has 0 aliphatic rings. The molecule has 0 aliphatic carbocycles. The van der Waals surface area contributed by atoms with Crippen LogP contribution in [-0.2, 0) is 6.54 Å². The van der Waals surface area contributed by atoms with Crippen LogP contribution in [-0.4, -0.2) is 15.3 Å². The van der Waals surface area contributed by atoms with Crippen molar-refractivity contribution in [1.82, 2.24) is 15.1 Å². The lowest BCUT2D eigenvalue weighted by Gasteiger charge is -2.24. The number of hydrogen-bond donors (Lipinski definition) is 1. The van der Waals surface area contributed by atoms with Gasteiger partial charge in [-0.05, 0) is 27.7 Å². The van der Waals surface area contributed by atoms with Crippen molar-refractivity contribution < 1.29 is 0 Å². The van der Waals surface area contributed by atoms with E-state index in [-0.39, 0.29) is 11.6 Å². The van der Waals surface area contributed by atoms with Gasteiger partial charge in [-0.1, -0.05) is 5.92 Å². The van der Waals surface area contributed by atoms with Gasteiger partial charge in [0.25, 0.3) is 0 Å². The van der Waals surface area contributed by atoms with Gasteiger partial charge >= 0.3 is 0 Å². The van der Waals surface area contributed by atoms with Crippen LogP contribution in [0.25, 0.3) is 0 Å². The molecule has 82 valence electrons. The summed E-state index contributed by atoms with van der Waals surface area (Å²) in [6.07, 6.45) is 9.36. The largest absolute Gasteiger partial charge is 0.295 e. The maximum atomic E-state index is 5.43. The van der Waals surface area contributed by atoms with Crippen molar-refractivity contribution in [3.63, 3.8) is 0 Å². The normalized spacial score (nSPS) is 13.5. The topological polar surface area (TPSA) is 29.9 Å². The van der Waals surface area contributed by atoms with Crippen LogP contribution >= 0.6 is 0 Å². The van der Waals surface area contributed by atoms with Gasteiger partial charge in [-0.3, -0.25) is 10.00 Å². The zero-order chi connectivity index (χ0) is 11.5. The lowest BCUT2D eigenvalue weighted by molar-refractivity contribution is 0.431. The molecule has 1 N–H and O–H groups in total. The third-order valence-electron chi connectivity index (χ3n) is 2.42. The van der Waals surface area contributed by atoms with Crippen molar-refractivity contribution in [1.29, 1.82) is 0 Å². The standard InChI is InChI=1S/C12H19N3/c1-6-12(4,5)14-10(3)11-8-13-15(7-2)9-11/h1,8-10,14H,7H2,2-5H3. The number of nitrogens with zero attached hydrogens (tertiary/aromatic N) is 2. The predicted molar refractivity (Wildman–Crippen MR) is 62.4 cm³/mol. The first kappa shape index (κ1) is 11.8. The van der Waals surface area contributed by atoms with Gasteiger partial charge in [0.2, 0.25) is 0 Å². The van der Waals surface area contributed by atoms with E-state index in [1.165, 1.54) is 5.56 Å². The van der Waals surface area contributed by atoms with E-state index in [1.807, 2.05) is 30.9 Å². The number of rotatable bonds is 4. The van der Waals surface area contributed by atoms with Crippen LogP contribution in [0.15, 0.2) is 12.4 Å². The first-order chi connectivity index (χ1) is 6.98. The van der Waals surface area contributed by atoms with Gasteiger partial charge in [-0.2, -0.15) is 5.10 Å². The zero-order valence-corrected chi connectivity index (χ0v) is 9.91. The molecule has 0 spiro atoms. The molecule has 1 unspecified atom stereocenters. The van der Waals surface area contributed by atoms with Gasteiger partial charge in [0.05, 0.1) is 11.7 Å². The molecule has 15 heavy (non-hydrogen) atoms. The molecule has 0 bridgehead atoms. The Labute approximate surface area is 91.9 Å². The summed E-state index contributed by atoms with van der Waals surface area (Å²) < 4.78 is 1.91. The minimum atomic E-state index is -0.284. The molecule has 1 atom stereocenters. The smallest absolute Gasteiger partial charge is 0.0745 e. The van der Waals surface area contributed by atoms with Gasteiger partial charge < -0.3 is 0 Å². The van der Waals surface area contributed by atoms with Crippen LogP contribution in [0.5, 0.6) is 0 Å². The van der Waals surface area contributed by atoms with E-state index >= 15 is 0 Å². The van der Waals surface area contributed by atoms with Crippen molar-refractivity contribution >= 4 is 0 Å². The highest BCUT2D eigenvalue weighted by molar-refractivity contribution is 5.14. The highest BCUT2D eigenvalue weighted by Gasteiger charge is 2.18. The minimum Gasteiger partial charge on any atom is -0.295 e. The third kappa shape index (κ3) is 3.10. The maximum Gasteiger partial charge on any atom is 0.0745 e. The van der Waals surface area contributed by atoms with Crippen molar-refractivity contribution in [2.45, 2.75) is 45.8 Å². The minimum absolute atomic E-state index is 0.219. The average Bonchev–Trinajstić information content (AvgIpc) is 2.65. The lowest BCUT2D eigenvalue weighted by atomic mass is 10.0. The number of aromatic nitrogens is 2. The Hall–Kier alpha value is -1.27. The Balaban J connectivity index is 2.69. The van der Waals surface area contributed by atoms with E-state index in [0.29, 0.717) is 0 Å². The summed E-state index contributed by atoms with van der Waals surface area (Å²) in [6.45, 7) is 9.04. The van der Waals surface area contributed by atoms with E-state index in [0.717, 1.165) is 6.54 Å². The first-order valence-corrected chi connectivity index (χ1v) is 5.26. The fourth-order valence-electron chi connectivity index (χ4n) is 1.44. The molecule has 0 amide bonds. The molecule has 3 nitrogen and oxygen atoms in total. The van der Waals surface area contributed by atoms with Gasteiger partial charge in [0.15, 0.2) is 0 Å². The molecule has 3 heteroatoms. The third-order valence-corrected chi connectivity index (χ3v) is 2.42. The van der Waals surface area contributed by atoms with Crippen LogP contribution in [0.4, 0.5) is 0 Å². The van der Waals surface area contributed by atoms with Crippen molar-refractivity contribution in [2.24, 2.45) is 0 Å². The number of nitrogens with one attached hydrogen (secondary N) is 1. The Bertz CT molecular complexity index is 357. The molecule has 0 saturated carbocycles. The second kappa shape index (κ2) is 4.50. The maximum absolute atomic E-state index is 5.43. The van der Waals surface area contributed by atoms with E-state index in [4.69, 9.17) is 6.42 Å². The molecule has 1 heterocycles. The number of aryl methyl sites for hydroxylation is 1.